The normalized spacial score (nSPS) is 20.3. The molecule has 0 spiro atoms. The molecule has 2 atom stereocenters. The number of nitrogens with one attached hydrogen (secondary N) is 3. The average molecular weight is 336 g/mol. The summed E-state index contributed by atoms with van der Waals surface area (Å²) in [6.07, 6.45) is 7.26. The predicted octanol–water partition coefficient (Wildman–Crippen LogP) is 2.05. The summed E-state index contributed by atoms with van der Waals surface area (Å²) >= 11 is 5.36. The van der Waals surface area contributed by atoms with Crippen molar-refractivity contribution in [2.75, 3.05) is 18.4 Å². The summed E-state index contributed by atoms with van der Waals surface area (Å²) in [7, 11) is 0. The van der Waals surface area contributed by atoms with E-state index in [2.05, 4.69) is 34.7 Å². The number of halogens is 1. The zero-order valence-electron chi connectivity index (χ0n) is 13.2. The van der Waals surface area contributed by atoms with Crippen LogP contribution >= 0.6 is 11.6 Å². The van der Waals surface area contributed by atoms with Crippen molar-refractivity contribution in [2.45, 2.75) is 38.6 Å². The van der Waals surface area contributed by atoms with E-state index >= 15 is 0 Å². The molecule has 124 valence electrons. The van der Waals surface area contributed by atoms with Gasteiger partial charge in [-0.3, -0.25) is 9.59 Å². The van der Waals surface area contributed by atoms with Gasteiger partial charge < -0.3 is 15.6 Å². The minimum absolute atomic E-state index is 0.0355. The van der Waals surface area contributed by atoms with Gasteiger partial charge in [0.25, 0.3) is 5.56 Å². The van der Waals surface area contributed by atoms with Crippen molar-refractivity contribution < 1.29 is 4.79 Å². The summed E-state index contributed by atoms with van der Waals surface area (Å²) in [5.41, 5.74) is 4.05. The first-order valence-electron chi connectivity index (χ1n) is 8.18. The lowest BCUT2D eigenvalue weighted by Crippen LogP contribution is -2.36. The Morgan fingerprint density at radius 3 is 3.13 bits per heavy atom. The molecule has 1 aromatic rings. The molecule has 1 aromatic heterocycles. The van der Waals surface area contributed by atoms with Crippen molar-refractivity contribution in [3.8, 4) is 0 Å². The smallest absolute Gasteiger partial charge is 0.253 e. The summed E-state index contributed by atoms with van der Waals surface area (Å²) < 4.78 is 0. The van der Waals surface area contributed by atoms with Crippen LogP contribution in [-0.4, -0.2) is 29.4 Å². The van der Waals surface area contributed by atoms with Gasteiger partial charge in [0.05, 0.1) is 5.69 Å². The highest BCUT2D eigenvalue weighted by Gasteiger charge is 2.25. The maximum absolute atomic E-state index is 12.3. The van der Waals surface area contributed by atoms with E-state index in [9.17, 15) is 9.59 Å². The Kier molecular flexibility index (Phi) is 4.87. The second-order valence-corrected chi connectivity index (χ2v) is 6.73. The van der Waals surface area contributed by atoms with Crippen LogP contribution in [0.25, 0.3) is 6.08 Å². The number of carbonyl (C=O) groups excluding carboxylic acids is 1. The van der Waals surface area contributed by atoms with Gasteiger partial charge in [0, 0.05) is 42.4 Å². The highest BCUT2D eigenvalue weighted by Crippen LogP contribution is 2.31. The topological polar surface area (TPSA) is 74.0 Å². The number of carbonyl (C=O) groups is 1. The van der Waals surface area contributed by atoms with Crippen LogP contribution < -0.4 is 16.2 Å². The first kappa shape index (κ1) is 16.3. The zero-order chi connectivity index (χ0) is 16.4. The third-order valence-electron chi connectivity index (χ3n) is 4.72. The van der Waals surface area contributed by atoms with Gasteiger partial charge in [-0.25, -0.2) is 0 Å². The third-order valence-corrected chi connectivity index (χ3v) is 4.91. The molecule has 1 aliphatic carbocycles. The molecule has 3 rings (SSSR count). The Balaban J connectivity index is 1.76. The van der Waals surface area contributed by atoms with Crippen LogP contribution in [0.1, 0.15) is 36.6 Å². The molecule has 0 saturated heterocycles. The molecule has 2 aliphatic rings. The van der Waals surface area contributed by atoms with Gasteiger partial charge in [-0.05, 0) is 43.7 Å². The lowest BCUT2D eigenvalue weighted by atomic mass is 9.86. The maximum Gasteiger partial charge on any atom is 0.253 e. The molecule has 1 aliphatic heterocycles. The highest BCUT2D eigenvalue weighted by atomic mass is 35.5. The molecule has 5 nitrogen and oxygen atoms in total. The fraction of sp³-hybridized carbons (Fsp3) is 0.529. The second-order valence-electron chi connectivity index (χ2n) is 6.31. The number of anilines is 1. The number of aromatic amines is 1. The van der Waals surface area contributed by atoms with E-state index in [4.69, 9.17) is 11.6 Å². The molecule has 2 unspecified atom stereocenters. The van der Waals surface area contributed by atoms with Gasteiger partial charge in [-0.2, -0.15) is 0 Å². The highest BCUT2D eigenvalue weighted by molar-refractivity contribution is 6.63. The number of hydrogen-bond acceptors (Lipinski definition) is 4. The van der Waals surface area contributed by atoms with Crippen molar-refractivity contribution in [3.63, 3.8) is 0 Å². The molecule has 0 radical (unpaired) electrons. The summed E-state index contributed by atoms with van der Waals surface area (Å²) in [6, 6.07) is 0.211. The average Bonchev–Trinajstić information content (AvgIpc) is 2.54. The van der Waals surface area contributed by atoms with Crippen molar-refractivity contribution in [1.29, 1.82) is 0 Å². The fourth-order valence-electron chi connectivity index (χ4n) is 3.39. The van der Waals surface area contributed by atoms with Gasteiger partial charge in [0.15, 0.2) is 0 Å². The number of rotatable bonds is 5. The fourth-order valence-corrected chi connectivity index (χ4v) is 3.48. The number of aromatic nitrogens is 1. The summed E-state index contributed by atoms with van der Waals surface area (Å²) in [5.74, 6) is 0.283. The lowest BCUT2D eigenvalue weighted by molar-refractivity contribution is -0.111. The molecule has 0 saturated carbocycles. The van der Waals surface area contributed by atoms with Gasteiger partial charge in [-0.1, -0.05) is 12.2 Å². The Morgan fingerprint density at radius 2 is 2.35 bits per heavy atom. The van der Waals surface area contributed by atoms with E-state index in [1.165, 1.54) is 0 Å². The Morgan fingerprint density at radius 1 is 1.52 bits per heavy atom. The maximum atomic E-state index is 12.3. The quantitative estimate of drug-likeness (QED) is 0.720. The van der Waals surface area contributed by atoms with E-state index in [0.29, 0.717) is 13.0 Å². The first-order valence-corrected chi connectivity index (χ1v) is 8.56. The van der Waals surface area contributed by atoms with Gasteiger partial charge in [-0.15, -0.1) is 0 Å². The lowest BCUT2D eigenvalue weighted by Gasteiger charge is -2.28. The Hall–Kier alpha value is -1.59. The molecule has 23 heavy (non-hydrogen) atoms. The minimum atomic E-state index is -0.323. The van der Waals surface area contributed by atoms with Crippen molar-refractivity contribution in [3.05, 3.63) is 33.3 Å². The summed E-state index contributed by atoms with van der Waals surface area (Å²) in [4.78, 5) is 26.1. The molecule has 2 heterocycles. The van der Waals surface area contributed by atoms with E-state index in [-0.39, 0.29) is 22.8 Å². The number of pyridine rings is 1. The molecule has 0 fully saturated rings. The minimum Gasteiger partial charge on any atom is -0.384 e. The molecule has 0 amide bonds. The van der Waals surface area contributed by atoms with Crippen LogP contribution in [0.15, 0.2) is 10.9 Å². The molecular formula is C17H22ClN3O2. The first-order chi connectivity index (χ1) is 11.1. The van der Waals surface area contributed by atoms with Crippen LogP contribution in [0.3, 0.4) is 0 Å². The summed E-state index contributed by atoms with van der Waals surface area (Å²) in [6.45, 7) is 3.58. The van der Waals surface area contributed by atoms with Gasteiger partial charge in [0.1, 0.15) is 0 Å². The van der Waals surface area contributed by atoms with Crippen molar-refractivity contribution in [2.24, 2.45) is 5.92 Å². The van der Waals surface area contributed by atoms with Crippen LogP contribution in [-0.2, 0) is 17.6 Å². The monoisotopic (exact) mass is 335 g/mol. The second kappa shape index (κ2) is 6.89. The standard InChI is InChI=1S/C17H22ClN3O2/c1-10(19-8-6-15(18)22)11-4-5-12-14(9-11)21-17(23)13-3-2-7-20-16(12)13/h4-5,10-11,19-20H,2-3,6-9H2,1H3,(H,21,23). The number of H-pyrrole nitrogens is 1. The summed E-state index contributed by atoms with van der Waals surface area (Å²) in [5, 5.41) is 6.39. The Bertz CT molecular complexity index is 696. The van der Waals surface area contributed by atoms with E-state index in [0.717, 1.165) is 48.3 Å². The van der Waals surface area contributed by atoms with Crippen molar-refractivity contribution in [1.82, 2.24) is 10.3 Å². The van der Waals surface area contributed by atoms with Crippen LogP contribution in [0.2, 0.25) is 0 Å². The van der Waals surface area contributed by atoms with E-state index < -0.39 is 0 Å². The molecule has 3 N–H and O–H groups in total. The van der Waals surface area contributed by atoms with Crippen LogP contribution in [0.4, 0.5) is 5.69 Å². The number of hydrogen-bond donors (Lipinski definition) is 3. The molecule has 6 heteroatoms. The number of fused-ring (bicyclic) bond motifs is 3. The van der Waals surface area contributed by atoms with E-state index in [1.54, 1.807) is 0 Å². The van der Waals surface area contributed by atoms with Gasteiger partial charge in [0.2, 0.25) is 5.24 Å². The SMILES string of the molecule is CC(NCCC(=O)Cl)C1C=Cc2c([nH]c(=O)c3c2NCCC3)C1. The van der Waals surface area contributed by atoms with E-state index in [1.807, 2.05) is 0 Å². The third kappa shape index (κ3) is 3.51. The van der Waals surface area contributed by atoms with Crippen LogP contribution in [0.5, 0.6) is 0 Å². The largest absolute Gasteiger partial charge is 0.384 e. The molecular weight excluding hydrogens is 314 g/mol. The predicted molar refractivity (Wildman–Crippen MR) is 93.0 cm³/mol. The van der Waals surface area contributed by atoms with Gasteiger partial charge >= 0.3 is 0 Å². The molecule has 0 aromatic carbocycles. The zero-order valence-corrected chi connectivity index (χ0v) is 14.0. The van der Waals surface area contributed by atoms with Crippen LogP contribution in [0, 0.1) is 5.92 Å². The Labute approximate surface area is 140 Å². The van der Waals surface area contributed by atoms with Crippen molar-refractivity contribution >= 4 is 28.6 Å². The molecule has 0 bridgehead atoms.